The topological polar surface area (TPSA) is 126 Å². The quantitative estimate of drug-likeness (QED) is 0.337. The van der Waals surface area contributed by atoms with E-state index in [4.69, 9.17) is 0 Å². The van der Waals surface area contributed by atoms with Crippen molar-refractivity contribution in [2.24, 2.45) is 0 Å². The SMILES string of the molecule is C1C[N-]C2[N-]CCCN2C1.C1C[N-]C2[N-]CCCN2C1.C1C[N-]C2[N-]CCCN2C1.C1C[N-]C2[N-]CCCN2C1.[Pd].[Pd]. The summed E-state index contributed by atoms with van der Waals surface area (Å²) >= 11 is 0. The Labute approximate surface area is 283 Å². The van der Waals surface area contributed by atoms with Gasteiger partial charge in [-0.25, -0.2) is 0 Å². The van der Waals surface area contributed by atoms with E-state index < -0.39 is 0 Å². The number of nitrogens with zero attached hydrogens (tertiary/aromatic N) is 12. The zero-order valence-corrected chi connectivity index (χ0v) is 28.4. The van der Waals surface area contributed by atoms with Crippen molar-refractivity contribution in [3.05, 3.63) is 42.5 Å². The van der Waals surface area contributed by atoms with E-state index in [1.54, 1.807) is 0 Å². The molecule has 0 aromatic carbocycles. The van der Waals surface area contributed by atoms with Crippen molar-refractivity contribution in [2.45, 2.75) is 76.5 Å². The van der Waals surface area contributed by atoms with Crippen molar-refractivity contribution in [3.8, 4) is 0 Å². The minimum Gasteiger partial charge on any atom is -0.666 e. The van der Waals surface area contributed by atoms with Crippen molar-refractivity contribution < 1.29 is 40.8 Å². The van der Waals surface area contributed by atoms with Crippen LogP contribution in [0.25, 0.3) is 42.5 Å². The van der Waals surface area contributed by atoms with Gasteiger partial charge in [0.2, 0.25) is 0 Å². The Hall–Kier alpha value is 0.845. The van der Waals surface area contributed by atoms with Crippen molar-refractivity contribution in [1.82, 2.24) is 19.6 Å². The van der Waals surface area contributed by atoms with Crippen LogP contribution in [0.5, 0.6) is 0 Å². The molecule has 0 aromatic rings. The molecule has 0 saturated carbocycles. The summed E-state index contributed by atoms with van der Waals surface area (Å²) < 4.78 is 0. The van der Waals surface area contributed by atoms with E-state index in [-0.39, 0.29) is 66.0 Å². The van der Waals surface area contributed by atoms with Gasteiger partial charge in [-0.15, -0.1) is 52.4 Å². The Bertz CT molecular complexity index is 481. The molecule has 0 N–H and O–H groups in total. The summed E-state index contributed by atoms with van der Waals surface area (Å²) in [4.78, 5) is 9.47. The third-order valence-corrected chi connectivity index (χ3v) is 8.47. The summed E-state index contributed by atoms with van der Waals surface area (Å²) in [7, 11) is 0. The van der Waals surface area contributed by atoms with E-state index in [0.29, 0.717) is 0 Å². The fraction of sp³-hybridized carbons (Fsp3) is 1.00. The minimum atomic E-state index is 0. The Balaban J connectivity index is 0.000000151. The maximum absolute atomic E-state index is 4.41. The van der Waals surface area contributed by atoms with Gasteiger partial charge < -0.3 is 62.1 Å². The third kappa shape index (κ3) is 12.2. The summed E-state index contributed by atoms with van der Waals surface area (Å²) in [6.07, 6.45) is 10.8. The molecule has 8 aliphatic rings. The van der Waals surface area contributed by atoms with E-state index in [1.807, 2.05) is 0 Å². The van der Waals surface area contributed by atoms with Gasteiger partial charge in [0, 0.05) is 40.8 Å². The Morgan fingerprint density at radius 1 is 0.262 bits per heavy atom. The Morgan fingerprint density at radius 3 is 0.524 bits per heavy atom. The summed E-state index contributed by atoms with van der Waals surface area (Å²) in [5, 5.41) is 35.3. The van der Waals surface area contributed by atoms with Gasteiger partial charge in [-0.2, -0.15) is 25.2 Å². The molecule has 0 aliphatic carbocycles. The van der Waals surface area contributed by atoms with E-state index in [1.165, 1.54) is 104 Å². The molecule has 42 heavy (non-hydrogen) atoms. The van der Waals surface area contributed by atoms with Gasteiger partial charge in [0.05, 0.1) is 0 Å². The van der Waals surface area contributed by atoms with Crippen LogP contribution in [-0.4, -0.2) is 149 Å². The van der Waals surface area contributed by atoms with Crippen molar-refractivity contribution >= 4 is 0 Å². The van der Waals surface area contributed by atoms with Gasteiger partial charge in [0.15, 0.2) is 0 Å². The number of fused-ring (bicyclic) bond motifs is 4. The summed E-state index contributed by atoms with van der Waals surface area (Å²) in [6, 6.07) is 0. The number of hydrogen-bond donors (Lipinski definition) is 0. The second kappa shape index (κ2) is 21.6. The van der Waals surface area contributed by atoms with Crippen LogP contribution in [-0.2, 0) is 40.8 Å². The van der Waals surface area contributed by atoms with Crippen LogP contribution in [0, 0.1) is 0 Å². The summed E-state index contributed by atoms with van der Waals surface area (Å²) in [6.45, 7) is 17.8. The van der Waals surface area contributed by atoms with Gasteiger partial charge in [-0.05, 0) is 52.4 Å². The molecule has 12 nitrogen and oxygen atoms in total. The first-order chi connectivity index (χ1) is 19.9. The second-order valence-electron chi connectivity index (χ2n) is 11.6. The average molecular weight is 770 g/mol. The normalized spacial score (nSPS) is 28.6. The molecule has 0 unspecified atom stereocenters. The van der Waals surface area contributed by atoms with Gasteiger partial charge in [-0.1, -0.05) is 51.4 Å². The molecular formula is C28H52N12Pd2-8. The molecular weight excluding hydrogens is 717 g/mol. The monoisotopic (exact) mass is 768 g/mol. The molecule has 8 fully saturated rings. The van der Waals surface area contributed by atoms with E-state index in [9.17, 15) is 0 Å². The molecule has 14 heteroatoms. The van der Waals surface area contributed by atoms with E-state index in [2.05, 4.69) is 62.1 Å². The fourth-order valence-corrected chi connectivity index (χ4v) is 6.37. The molecule has 252 valence electrons. The molecule has 0 radical (unpaired) electrons. The van der Waals surface area contributed by atoms with Gasteiger partial charge in [0.25, 0.3) is 0 Å². The first-order valence-electron chi connectivity index (χ1n) is 16.2. The van der Waals surface area contributed by atoms with Crippen LogP contribution in [0.4, 0.5) is 0 Å². The largest absolute Gasteiger partial charge is 0.666 e. The standard InChI is InChI=1S/4C7H13N3.2Pd/c4*1-3-8-7-9-4-2-6-10(7)5-1;;/h4*7H,1-6H2;;/q4*-2;;. The van der Waals surface area contributed by atoms with E-state index >= 15 is 0 Å². The van der Waals surface area contributed by atoms with Crippen molar-refractivity contribution in [1.29, 1.82) is 0 Å². The average Bonchev–Trinajstić information content (AvgIpc) is 3.06. The van der Waals surface area contributed by atoms with Crippen LogP contribution < -0.4 is 0 Å². The molecule has 8 saturated heterocycles. The van der Waals surface area contributed by atoms with Crippen LogP contribution >= 0.6 is 0 Å². The molecule has 0 amide bonds. The predicted octanol–water partition coefficient (Wildman–Crippen LogP) is 4.50. The smallest absolute Gasteiger partial charge is 0 e. The number of rotatable bonds is 0. The zero-order valence-electron chi connectivity index (χ0n) is 25.3. The molecule has 0 atom stereocenters. The zero-order chi connectivity index (χ0) is 27.2. The first-order valence-corrected chi connectivity index (χ1v) is 16.2. The second-order valence-corrected chi connectivity index (χ2v) is 11.6. The van der Waals surface area contributed by atoms with Crippen LogP contribution in [0.3, 0.4) is 0 Å². The third-order valence-electron chi connectivity index (χ3n) is 8.47. The Kier molecular flexibility index (Phi) is 19.2. The van der Waals surface area contributed by atoms with Crippen molar-refractivity contribution in [3.63, 3.8) is 0 Å². The van der Waals surface area contributed by atoms with Crippen molar-refractivity contribution in [2.75, 3.05) is 105 Å². The van der Waals surface area contributed by atoms with Gasteiger partial charge >= 0.3 is 0 Å². The van der Waals surface area contributed by atoms with E-state index in [0.717, 1.165) is 52.4 Å². The van der Waals surface area contributed by atoms with Gasteiger partial charge in [-0.3, -0.25) is 0 Å². The molecule has 0 spiro atoms. The maximum Gasteiger partial charge on any atom is 0 e. The predicted molar refractivity (Wildman–Crippen MR) is 164 cm³/mol. The molecule has 0 aromatic heterocycles. The summed E-state index contributed by atoms with van der Waals surface area (Å²) in [5.74, 6) is 0. The first kappa shape index (κ1) is 37.3. The minimum absolute atomic E-state index is 0. The Morgan fingerprint density at radius 2 is 0.405 bits per heavy atom. The molecule has 8 rings (SSSR count). The molecule has 8 heterocycles. The van der Waals surface area contributed by atoms with Gasteiger partial charge in [0.1, 0.15) is 0 Å². The van der Waals surface area contributed by atoms with Crippen LogP contribution in [0.1, 0.15) is 51.4 Å². The molecule has 0 bridgehead atoms. The fourth-order valence-electron chi connectivity index (χ4n) is 6.37. The number of hydrogen-bond acceptors (Lipinski definition) is 4. The molecule has 8 aliphatic heterocycles. The maximum atomic E-state index is 4.41. The summed E-state index contributed by atoms with van der Waals surface area (Å²) in [5.41, 5.74) is 0. The van der Waals surface area contributed by atoms with Crippen LogP contribution in [0.15, 0.2) is 0 Å². The van der Waals surface area contributed by atoms with Crippen LogP contribution in [0.2, 0.25) is 0 Å².